The quantitative estimate of drug-likeness (QED) is 0.270. The summed E-state index contributed by atoms with van der Waals surface area (Å²) in [5.74, 6) is 0.665. The van der Waals surface area contributed by atoms with E-state index < -0.39 is 11.5 Å². The van der Waals surface area contributed by atoms with Gasteiger partial charge in [-0.15, -0.1) is 0 Å². The number of aliphatic carboxylic acids is 1. The molecule has 90 valence electrons. The molecule has 6 nitrogen and oxygen atoms in total. The molecular formula is C8H17N3O3SZn. The van der Waals surface area contributed by atoms with Gasteiger partial charge in [-0.2, -0.15) is 11.8 Å². The third-order valence-electron chi connectivity index (χ3n) is 1.49. The number of amidine groups is 1. The molecule has 0 rings (SSSR count). The zero-order chi connectivity index (χ0) is 13.2. The van der Waals surface area contributed by atoms with E-state index in [1.54, 1.807) is 6.92 Å². The van der Waals surface area contributed by atoms with Crippen molar-refractivity contribution >= 4 is 23.6 Å². The van der Waals surface area contributed by atoms with Crippen LogP contribution in [0, 0.1) is 0 Å². The molecule has 0 fully saturated rings. The molecule has 0 aliphatic rings. The van der Waals surface area contributed by atoms with Crippen molar-refractivity contribution in [1.82, 2.24) is 0 Å². The minimum atomic E-state index is -1.16. The van der Waals surface area contributed by atoms with Crippen molar-refractivity contribution < 1.29 is 31.7 Å². The summed E-state index contributed by atoms with van der Waals surface area (Å²) in [7, 11) is 0. The average Bonchev–Trinajstić information content (AvgIpc) is 2.19. The molecule has 0 aliphatic heterocycles. The van der Waals surface area contributed by atoms with Gasteiger partial charge in [0.05, 0.1) is 5.84 Å². The molecule has 0 heterocycles. The van der Waals surface area contributed by atoms with Gasteiger partial charge in [0.15, 0.2) is 0 Å². The molecule has 0 bridgehead atoms. The molecule has 8 heteroatoms. The van der Waals surface area contributed by atoms with Crippen molar-refractivity contribution in [2.24, 2.45) is 16.5 Å². The Bertz CT molecular complexity index is 245. The van der Waals surface area contributed by atoms with E-state index in [9.17, 15) is 4.79 Å². The first-order valence-corrected chi connectivity index (χ1v) is 6.88. The molecule has 0 saturated heterocycles. The van der Waals surface area contributed by atoms with Crippen LogP contribution in [-0.4, -0.2) is 40.5 Å². The van der Waals surface area contributed by atoms with Gasteiger partial charge >= 0.3 is 27.8 Å². The summed E-state index contributed by atoms with van der Waals surface area (Å²) in [6, 6.07) is 0. The van der Waals surface area contributed by atoms with Crippen LogP contribution in [0.5, 0.6) is 0 Å². The first kappa shape index (κ1) is 18.0. The van der Waals surface area contributed by atoms with Crippen molar-refractivity contribution in [1.29, 1.82) is 0 Å². The Hall–Kier alpha value is -0.327. The van der Waals surface area contributed by atoms with E-state index in [2.05, 4.69) is 4.99 Å². The average molecular weight is 301 g/mol. The Labute approximate surface area is 109 Å². The monoisotopic (exact) mass is 299 g/mol. The second-order valence-corrected chi connectivity index (χ2v) is 4.40. The van der Waals surface area contributed by atoms with Gasteiger partial charge in [-0.05, 0) is 13.8 Å². The van der Waals surface area contributed by atoms with Gasteiger partial charge in [-0.1, -0.05) is 0 Å². The fourth-order valence-corrected chi connectivity index (χ4v) is 1.54. The van der Waals surface area contributed by atoms with E-state index in [1.807, 2.05) is 0 Å². The van der Waals surface area contributed by atoms with E-state index in [4.69, 9.17) is 20.1 Å². The van der Waals surface area contributed by atoms with Gasteiger partial charge in [0.2, 0.25) is 0 Å². The predicted molar refractivity (Wildman–Crippen MR) is 60.4 cm³/mol. The predicted octanol–water partition coefficient (Wildman–Crippen LogP) is -0.223. The third kappa shape index (κ3) is 10.2. The van der Waals surface area contributed by atoms with Crippen LogP contribution in [0.1, 0.15) is 13.8 Å². The van der Waals surface area contributed by atoms with Crippen LogP contribution in [0.25, 0.3) is 0 Å². The number of carboxylic acid groups (broad SMARTS) is 1. The maximum absolute atomic E-state index is 10.6. The fraction of sp³-hybridized carbons (Fsp3) is 0.750. The Balaban J connectivity index is 0. The van der Waals surface area contributed by atoms with Crippen LogP contribution >= 0.6 is 11.8 Å². The molecule has 0 saturated carbocycles. The normalized spacial score (nSPS) is 14.7. The SMILES string of the molecule is CC(N)=NCCSC[C@](C)(N)C(=O)O.[O]=[Zn]. The molecule has 16 heavy (non-hydrogen) atoms. The number of carboxylic acids is 1. The number of aliphatic imine (C=N–C) groups is 1. The zero-order valence-corrected chi connectivity index (χ0v) is 13.4. The molecular weight excluding hydrogens is 284 g/mol. The van der Waals surface area contributed by atoms with E-state index >= 15 is 0 Å². The molecule has 0 amide bonds. The number of nitrogens with zero attached hydrogens (tertiary/aromatic N) is 1. The van der Waals surface area contributed by atoms with Gasteiger partial charge < -0.3 is 16.6 Å². The molecule has 0 aromatic rings. The first-order chi connectivity index (χ1) is 7.36. The molecule has 0 unspecified atom stereocenters. The minimum absolute atomic E-state index is 0.125. The van der Waals surface area contributed by atoms with E-state index in [0.717, 1.165) is 5.75 Å². The van der Waals surface area contributed by atoms with Crippen molar-refractivity contribution in [2.45, 2.75) is 19.4 Å². The summed E-state index contributed by atoms with van der Waals surface area (Å²) in [5, 5.41) is 8.70. The second-order valence-electron chi connectivity index (χ2n) is 3.30. The Kier molecular flexibility index (Phi) is 11.1. The number of rotatable bonds is 6. The van der Waals surface area contributed by atoms with Gasteiger partial charge in [-0.3, -0.25) is 9.79 Å². The number of carbonyl (C=O) groups is 1. The standard InChI is InChI=1S/C8H17N3O2S.O.Zn/c1-6(9)11-3-4-14-5-8(2,10)7(12)13;;/h3-5,10H2,1-2H3,(H2,9,11)(H,12,13);;/t8-;;/m0../s1. The van der Waals surface area contributed by atoms with E-state index in [1.165, 1.54) is 18.7 Å². The van der Waals surface area contributed by atoms with Crippen molar-refractivity contribution in [2.75, 3.05) is 18.1 Å². The molecule has 1 atom stereocenters. The topological polar surface area (TPSA) is 119 Å². The summed E-state index contributed by atoms with van der Waals surface area (Å²) >= 11 is 1.59. The summed E-state index contributed by atoms with van der Waals surface area (Å²) in [4.78, 5) is 14.6. The summed E-state index contributed by atoms with van der Waals surface area (Å²) in [6.45, 7) is 3.82. The fourth-order valence-electron chi connectivity index (χ4n) is 0.632. The van der Waals surface area contributed by atoms with Crippen LogP contribution < -0.4 is 11.5 Å². The third-order valence-corrected chi connectivity index (χ3v) is 2.76. The van der Waals surface area contributed by atoms with Crippen LogP contribution in [0.2, 0.25) is 0 Å². The molecule has 0 aromatic carbocycles. The Morgan fingerprint density at radius 3 is 2.44 bits per heavy atom. The summed E-state index contributed by atoms with van der Waals surface area (Å²) < 4.78 is 8.38. The van der Waals surface area contributed by atoms with Crippen LogP contribution in [-0.2, 0) is 26.6 Å². The van der Waals surface area contributed by atoms with Gasteiger partial charge in [0.1, 0.15) is 5.54 Å². The Morgan fingerprint density at radius 1 is 1.56 bits per heavy atom. The molecule has 5 N–H and O–H groups in total. The van der Waals surface area contributed by atoms with Gasteiger partial charge in [-0.25, -0.2) is 0 Å². The van der Waals surface area contributed by atoms with Crippen LogP contribution in [0.4, 0.5) is 0 Å². The van der Waals surface area contributed by atoms with Crippen molar-refractivity contribution in [3.63, 3.8) is 0 Å². The molecule has 0 spiro atoms. The maximum atomic E-state index is 10.6. The van der Waals surface area contributed by atoms with Gasteiger partial charge in [0.25, 0.3) is 0 Å². The molecule has 0 aromatic heterocycles. The molecule has 0 radical (unpaired) electrons. The number of hydrogen-bond acceptors (Lipinski definition) is 5. The summed E-state index contributed by atoms with van der Waals surface area (Å²) in [6.07, 6.45) is 0. The van der Waals surface area contributed by atoms with Crippen molar-refractivity contribution in [3.05, 3.63) is 0 Å². The number of nitrogens with two attached hydrogens (primary N) is 2. The van der Waals surface area contributed by atoms with E-state index in [-0.39, 0.29) is 18.3 Å². The van der Waals surface area contributed by atoms with Crippen LogP contribution in [0.15, 0.2) is 4.99 Å². The van der Waals surface area contributed by atoms with Crippen molar-refractivity contribution in [3.8, 4) is 0 Å². The number of thioether (sulfide) groups is 1. The zero-order valence-electron chi connectivity index (χ0n) is 9.60. The van der Waals surface area contributed by atoms with Crippen LogP contribution in [0.3, 0.4) is 0 Å². The molecule has 0 aliphatic carbocycles. The number of hydrogen-bond donors (Lipinski definition) is 3. The first-order valence-electron chi connectivity index (χ1n) is 4.51. The second kappa shape index (κ2) is 9.87. The van der Waals surface area contributed by atoms with E-state index in [0.29, 0.717) is 18.1 Å². The Morgan fingerprint density at radius 2 is 2.06 bits per heavy atom. The summed E-state index contributed by atoms with van der Waals surface area (Å²) in [5.41, 5.74) is 9.69. The van der Waals surface area contributed by atoms with Gasteiger partial charge in [0, 0.05) is 18.1 Å².